The minimum absolute atomic E-state index is 0.0678. The number of aromatic nitrogens is 1. The van der Waals surface area contributed by atoms with Gasteiger partial charge in [-0.3, -0.25) is 9.59 Å². The van der Waals surface area contributed by atoms with Crippen LogP contribution in [0, 0.1) is 0 Å². The van der Waals surface area contributed by atoms with Crippen molar-refractivity contribution in [2.24, 2.45) is 0 Å². The van der Waals surface area contributed by atoms with Gasteiger partial charge in [0.25, 0.3) is 5.91 Å². The van der Waals surface area contributed by atoms with Crippen LogP contribution in [-0.2, 0) is 4.79 Å². The van der Waals surface area contributed by atoms with Crippen LogP contribution in [-0.4, -0.2) is 54.4 Å². The lowest BCUT2D eigenvalue weighted by atomic mass is 10.2. The van der Waals surface area contributed by atoms with Gasteiger partial charge >= 0.3 is 0 Å². The molecule has 0 radical (unpaired) electrons. The third-order valence-corrected chi connectivity index (χ3v) is 5.70. The van der Waals surface area contributed by atoms with Gasteiger partial charge in [0.15, 0.2) is 0 Å². The summed E-state index contributed by atoms with van der Waals surface area (Å²) in [4.78, 5) is 31.9. The number of rotatable bonds is 4. The highest BCUT2D eigenvalue weighted by molar-refractivity contribution is 6.38. The number of nitrogens with one attached hydrogen (secondary N) is 2. The third-order valence-electron chi connectivity index (χ3n) is 5.08. The maximum atomic E-state index is 12.5. The van der Waals surface area contributed by atoms with Gasteiger partial charge in [-0.25, -0.2) is 0 Å². The van der Waals surface area contributed by atoms with E-state index in [4.69, 9.17) is 23.2 Å². The van der Waals surface area contributed by atoms with Crippen LogP contribution in [0.15, 0.2) is 48.5 Å². The second kappa shape index (κ2) is 8.35. The van der Waals surface area contributed by atoms with Gasteiger partial charge in [0.2, 0.25) is 5.91 Å². The summed E-state index contributed by atoms with van der Waals surface area (Å²) in [6, 6.07) is 15.1. The summed E-state index contributed by atoms with van der Waals surface area (Å²) in [6.07, 6.45) is 0. The van der Waals surface area contributed by atoms with E-state index in [0.29, 0.717) is 36.2 Å². The molecule has 1 aromatic heterocycles. The summed E-state index contributed by atoms with van der Waals surface area (Å²) in [5.41, 5.74) is 2.10. The van der Waals surface area contributed by atoms with Crippen molar-refractivity contribution < 1.29 is 9.59 Å². The van der Waals surface area contributed by atoms with Crippen molar-refractivity contribution in [3.8, 4) is 0 Å². The Kier molecular flexibility index (Phi) is 5.65. The molecule has 1 aliphatic heterocycles. The molecule has 3 aromatic rings. The molecule has 6 nitrogen and oxygen atoms in total. The molecule has 1 fully saturated rings. The van der Waals surface area contributed by atoms with Crippen LogP contribution in [0.1, 0.15) is 10.5 Å². The van der Waals surface area contributed by atoms with E-state index in [2.05, 4.69) is 15.2 Å². The van der Waals surface area contributed by atoms with Crippen LogP contribution >= 0.6 is 23.2 Å². The second-order valence-corrected chi connectivity index (χ2v) is 7.70. The van der Waals surface area contributed by atoms with Crippen LogP contribution in [0.25, 0.3) is 10.9 Å². The molecule has 1 saturated heterocycles. The van der Waals surface area contributed by atoms with Crippen molar-refractivity contribution in [3.05, 3.63) is 64.3 Å². The van der Waals surface area contributed by atoms with Crippen LogP contribution < -0.4 is 10.2 Å². The molecule has 29 heavy (non-hydrogen) atoms. The zero-order valence-electron chi connectivity index (χ0n) is 15.6. The molecular weight excluding hydrogens is 411 g/mol. The Labute approximate surface area is 178 Å². The summed E-state index contributed by atoms with van der Waals surface area (Å²) in [7, 11) is 0. The zero-order chi connectivity index (χ0) is 20.4. The van der Waals surface area contributed by atoms with Crippen LogP contribution in [0.2, 0.25) is 10.0 Å². The monoisotopic (exact) mass is 430 g/mol. The number of para-hydroxylation sites is 1. The maximum absolute atomic E-state index is 12.5. The first-order valence-corrected chi connectivity index (χ1v) is 10.1. The lowest BCUT2D eigenvalue weighted by Gasteiger charge is -2.36. The normalized spacial score (nSPS) is 14.3. The largest absolute Gasteiger partial charge is 0.368 e. The molecule has 8 heteroatoms. The Bertz CT molecular complexity index is 1060. The smallest absolute Gasteiger partial charge is 0.269 e. The number of hydrogen-bond donors (Lipinski definition) is 2. The molecule has 4 rings (SSSR count). The fourth-order valence-corrected chi connectivity index (χ4v) is 3.99. The van der Waals surface area contributed by atoms with Crippen molar-refractivity contribution in [3.63, 3.8) is 0 Å². The van der Waals surface area contributed by atoms with Gasteiger partial charge in [0, 0.05) is 47.8 Å². The number of piperazine rings is 1. The SMILES string of the molecule is O=C(NCC(=O)N1CCN(c2cccc(Cl)c2)CC1)c1[nH]c2ccccc2c1Cl. The average Bonchev–Trinajstić information content (AvgIpc) is 3.09. The summed E-state index contributed by atoms with van der Waals surface area (Å²) < 4.78 is 0. The van der Waals surface area contributed by atoms with E-state index in [1.807, 2.05) is 48.5 Å². The van der Waals surface area contributed by atoms with Gasteiger partial charge in [-0.1, -0.05) is 47.5 Å². The number of amides is 2. The Morgan fingerprint density at radius 2 is 1.76 bits per heavy atom. The number of fused-ring (bicyclic) bond motifs is 1. The quantitative estimate of drug-likeness (QED) is 0.664. The van der Waals surface area contributed by atoms with Gasteiger partial charge in [0.05, 0.1) is 11.6 Å². The highest BCUT2D eigenvalue weighted by Gasteiger charge is 2.23. The predicted octanol–water partition coefficient (Wildman–Crippen LogP) is 3.55. The van der Waals surface area contributed by atoms with Crippen molar-refractivity contribution in [1.82, 2.24) is 15.2 Å². The number of hydrogen-bond acceptors (Lipinski definition) is 3. The molecule has 2 heterocycles. The van der Waals surface area contributed by atoms with E-state index in [1.54, 1.807) is 4.90 Å². The lowest BCUT2D eigenvalue weighted by Crippen LogP contribution is -2.51. The minimum Gasteiger partial charge on any atom is -0.368 e. The topological polar surface area (TPSA) is 68.4 Å². The Morgan fingerprint density at radius 1 is 1.00 bits per heavy atom. The van der Waals surface area contributed by atoms with Gasteiger partial charge < -0.3 is 20.1 Å². The number of benzene rings is 2. The molecule has 2 aromatic carbocycles. The summed E-state index contributed by atoms with van der Waals surface area (Å²) >= 11 is 12.4. The maximum Gasteiger partial charge on any atom is 0.269 e. The van der Waals surface area contributed by atoms with Crippen molar-refractivity contribution >= 4 is 51.6 Å². The number of nitrogens with zero attached hydrogens (tertiary/aromatic N) is 2. The predicted molar refractivity (Wildman–Crippen MR) is 116 cm³/mol. The van der Waals surface area contributed by atoms with Crippen LogP contribution in [0.3, 0.4) is 0 Å². The lowest BCUT2D eigenvalue weighted by molar-refractivity contribution is -0.130. The molecule has 1 aliphatic rings. The van der Waals surface area contributed by atoms with E-state index < -0.39 is 5.91 Å². The number of halogens is 2. The van der Waals surface area contributed by atoms with E-state index in [9.17, 15) is 9.59 Å². The molecule has 0 saturated carbocycles. The standard InChI is InChI=1S/C21H20Cl2N4O2/c22-14-4-3-5-15(12-14)26-8-10-27(11-9-26)18(28)13-24-21(29)20-19(23)16-6-1-2-7-17(16)25-20/h1-7,12,25H,8-11,13H2,(H,24,29). The van der Waals surface area contributed by atoms with Gasteiger partial charge in [0.1, 0.15) is 5.69 Å². The number of H-pyrrole nitrogens is 1. The molecule has 150 valence electrons. The molecule has 2 amide bonds. The molecule has 0 bridgehead atoms. The van der Waals surface area contributed by atoms with Crippen molar-refractivity contribution in [2.45, 2.75) is 0 Å². The van der Waals surface area contributed by atoms with E-state index in [-0.39, 0.29) is 18.1 Å². The summed E-state index contributed by atoms with van der Waals surface area (Å²) in [5.74, 6) is -0.506. The number of carbonyl (C=O) groups excluding carboxylic acids is 2. The Morgan fingerprint density at radius 3 is 2.48 bits per heavy atom. The average molecular weight is 431 g/mol. The van der Waals surface area contributed by atoms with Gasteiger partial charge in [-0.2, -0.15) is 0 Å². The first-order chi connectivity index (χ1) is 14.0. The number of carbonyl (C=O) groups is 2. The van der Waals surface area contributed by atoms with Crippen LogP contribution in [0.4, 0.5) is 5.69 Å². The molecule has 0 unspecified atom stereocenters. The number of anilines is 1. The highest BCUT2D eigenvalue weighted by atomic mass is 35.5. The highest BCUT2D eigenvalue weighted by Crippen LogP contribution is 2.27. The molecule has 2 N–H and O–H groups in total. The van der Waals surface area contributed by atoms with Gasteiger partial charge in [-0.05, 0) is 24.3 Å². The minimum atomic E-state index is -0.392. The molecule has 0 aliphatic carbocycles. The zero-order valence-corrected chi connectivity index (χ0v) is 17.1. The second-order valence-electron chi connectivity index (χ2n) is 6.89. The van der Waals surface area contributed by atoms with E-state index >= 15 is 0 Å². The molecular formula is C21H20Cl2N4O2. The summed E-state index contributed by atoms with van der Waals surface area (Å²) in [5, 5.41) is 4.51. The van der Waals surface area contributed by atoms with Crippen LogP contribution in [0.5, 0.6) is 0 Å². The van der Waals surface area contributed by atoms with E-state index in [1.165, 1.54) is 0 Å². The molecule has 0 atom stereocenters. The third kappa shape index (κ3) is 4.18. The fraction of sp³-hybridized carbons (Fsp3) is 0.238. The Balaban J connectivity index is 1.32. The van der Waals surface area contributed by atoms with Crippen molar-refractivity contribution in [1.29, 1.82) is 0 Å². The fourth-order valence-electron chi connectivity index (χ4n) is 3.51. The number of aromatic amines is 1. The Hall–Kier alpha value is -2.70. The van der Waals surface area contributed by atoms with Gasteiger partial charge in [-0.15, -0.1) is 0 Å². The first-order valence-electron chi connectivity index (χ1n) is 9.35. The summed E-state index contributed by atoms with van der Waals surface area (Å²) in [6.45, 7) is 2.55. The molecule has 0 spiro atoms. The van der Waals surface area contributed by atoms with Crippen molar-refractivity contribution in [2.75, 3.05) is 37.6 Å². The first kappa shape index (κ1) is 19.6. The van der Waals surface area contributed by atoms with E-state index in [0.717, 1.165) is 16.6 Å².